The summed E-state index contributed by atoms with van der Waals surface area (Å²) >= 11 is 0. The first kappa shape index (κ1) is 17.9. The van der Waals surface area contributed by atoms with Gasteiger partial charge in [-0.05, 0) is 29.3 Å². The maximum absolute atomic E-state index is 12.5. The number of H-pyrrole nitrogens is 1. The first-order valence-electron chi connectivity index (χ1n) is 9.27. The molecule has 0 aliphatic heterocycles. The molecule has 4 rings (SSSR count). The van der Waals surface area contributed by atoms with Crippen LogP contribution in [0.2, 0.25) is 0 Å². The lowest BCUT2D eigenvalue weighted by molar-refractivity contribution is 0.0601. The molecule has 0 radical (unpaired) electrons. The van der Waals surface area contributed by atoms with Crippen LogP contribution in [0.15, 0.2) is 85.1 Å². The van der Waals surface area contributed by atoms with Gasteiger partial charge in [0.15, 0.2) is 0 Å². The average Bonchev–Trinajstić information content (AvgIpc) is 3.21. The Labute approximate surface area is 164 Å². The van der Waals surface area contributed by atoms with Gasteiger partial charge in [0.1, 0.15) is 0 Å². The van der Waals surface area contributed by atoms with Crippen molar-refractivity contribution in [2.75, 3.05) is 12.0 Å². The molecule has 3 aromatic carbocycles. The summed E-state index contributed by atoms with van der Waals surface area (Å²) in [5, 5.41) is 1.06. The van der Waals surface area contributed by atoms with Gasteiger partial charge in [-0.25, -0.2) is 4.79 Å². The summed E-state index contributed by atoms with van der Waals surface area (Å²) in [5.74, 6) is -0.336. The number of carbonyl (C=O) groups is 1. The number of carbonyl (C=O) groups excluding carboxylic acids is 1. The Bertz CT molecular complexity index is 1030. The summed E-state index contributed by atoms with van der Waals surface area (Å²) in [4.78, 5) is 18.0. The highest BCUT2D eigenvalue weighted by molar-refractivity contribution is 6.01. The Morgan fingerprint density at radius 2 is 1.50 bits per heavy atom. The Morgan fingerprint density at radius 3 is 2.07 bits per heavy atom. The maximum Gasteiger partial charge on any atom is 0.340 e. The number of benzene rings is 3. The van der Waals surface area contributed by atoms with Crippen molar-refractivity contribution in [3.8, 4) is 0 Å². The number of anilines is 1. The summed E-state index contributed by atoms with van der Waals surface area (Å²) in [6.45, 7) is 1.38. The second-order valence-electron chi connectivity index (χ2n) is 6.75. The van der Waals surface area contributed by atoms with Crippen molar-refractivity contribution >= 4 is 22.6 Å². The smallest absolute Gasteiger partial charge is 0.340 e. The normalized spacial score (nSPS) is 10.8. The molecular formula is C24H22N2O2. The Hall–Kier alpha value is -3.53. The van der Waals surface area contributed by atoms with Gasteiger partial charge in [0.25, 0.3) is 0 Å². The Kier molecular flexibility index (Phi) is 5.11. The third kappa shape index (κ3) is 3.76. The van der Waals surface area contributed by atoms with Crippen molar-refractivity contribution in [3.05, 3.63) is 102 Å². The first-order valence-corrected chi connectivity index (χ1v) is 9.27. The van der Waals surface area contributed by atoms with Gasteiger partial charge in [0, 0.05) is 30.2 Å². The standard InChI is InChI=1S/C24H22N2O2/c1-28-24(27)21-15-22-20(12-13-25-22)14-23(21)26(16-18-8-4-2-5-9-18)17-19-10-6-3-7-11-19/h2-15,25H,16-17H2,1H3. The van der Waals surface area contributed by atoms with E-state index in [1.807, 2.05) is 54.7 Å². The topological polar surface area (TPSA) is 45.3 Å². The molecular weight excluding hydrogens is 348 g/mol. The molecule has 0 amide bonds. The third-order valence-electron chi connectivity index (χ3n) is 4.85. The van der Waals surface area contributed by atoms with Crippen molar-refractivity contribution in [1.29, 1.82) is 0 Å². The number of aromatic amines is 1. The van der Waals surface area contributed by atoms with Crippen LogP contribution in [0.5, 0.6) is 0 Å². The number of nitrogens with zero attached hydrogens (tertiary/aromatic N) is 1. The number of aromatic nitrogens is 1. The summed E-state index contributed by atoms with van der Waals surface area (Å²) < 4.78 is 5.07. The minimum absolute atomic E-state index is 0.336. The zero-order valence-electron chi connectivity index (χ0n) is 15.8. The van der Waals surface area contributed by atoms with E-state index in [4.69, 9.17) is 4.74 Å². The van der Waals surface area contributed by atoms with E-state index in [0.29, 0.717) is 18.7 Å². The van der Waals surface area contributed by atoms with Crippen LogP contribution >= 0.6 is 0 Å². The molecule has 0 aliphatic carbocycles. The van der Waals surface area contributed by atoms with Crippen molar-refractivity contribution in [2.45, 2.75) is 13.1 Å². The van der Waals surface area contributed by atoms with Crippen LogP contribution in [0.4, 0.5) is 5.69 Å². The summed E-state index contributed by atoms with van der Waals surface area (Å²) in [6.07, 6.45) is 1.88. The van der Waals surface area contributed by atoms with E-state index >= 15 is 0 Å². The van der Waals surface area contributed by atoms with Crippen LogP contribution in [0, 0.1) is 0 Å². The van der Waals surface area contributed by atoms with E-state index in [2.05, 4.69) is 40.2 Å². The highest BCUT2D eigenvalue weighted by Crippen LogP contribution is 2.30. The van der Waals surface area contributed by atoms with Gasteiger partial charge in [-0.15, -0.1) is 0 Å². The van der Waals surface area contributed by atoms with Crippen LogP contribution in [-0.2, 0) is 17.8 Å². The van der Waals surface area contributed by atoms with Crippen molar-refractivity contribution in [3.63, 3.8) is 0 Å². The fraction of sp³-hybridized carbons (Fsp3) is 0.125. The molecule has 0 fully saturated rings. The molecule has 28 heavy (non-hydrogen) atoms. The van der Waals surface area contributed by atoms with Crippen LogP contribution in [-0.4, -0.2) is 18.1 Å². The lowest BCUT2D eigenvalue weighted by Crippen LogP contribution is -2.24. The molecule has 0 spiro atoms. The monoisotopic (exact) mass is 370 g/mol. The fourth-order valence-corrected chi connectivity index (χ4v) is 3.46. The molecule has 0 aliphatic rings. The minimum Gasteiger partial charge on any atom is -0.465 e. The molecule has 4 aromatic rings. The highest BCUT2D eigenvalue weighted by atomic mass is 16.5. The van der Waals surface area contributed by atoms with Gasteiger partial charge in [0.05, 0.1) is 18.4 Å². The zero-order chi connectivity index (χ0) is 19.3. The molecule has 0 saturated carbocycles. The van der Waals surface area contributed by atoms with E-state index in [0.717, 1.165) is 16.6 Å². The molecule has 1 aromatic heterocycles. The second kappa shape index (κ2) is 8.01. The predicted molar refractivity (Wildman–Crippen MR) is 112 cm³/mol. The van der Waals surface area contributed by atoms with Crippen molar-refractivity contribution in [2.24, 2.45) is 0 Å². The lowest BCUT2D eigenvalue weighted by atomic mass is 10.1. The minimum atomic E-state index is -0.336. The molecule has 1 N–H and O–H groups in total. The number of ether oxygens (including phenoxy) is 1. The second-order valence-corrected chi connectivity index (χ2v) is 6.75. The van der Waals surface area contributed by atoms with Crippen LogP contribution in [0.3, 0.4) is 0 Å². The average molecular weight is 370 g/mol. The largest absolute Gasteiger partial charge is 0.465 e. The highest BCUT2D eigenvalue weighted by Gasteiger charge is 2.19. The summed E-state index contributed by atoms with van der Waals surface area (Å²) in [5.41, 5.74) is 4.71. The van der Waals surface area contributed by atoms with Crippen LogP contribution in [0.1, 0.15) is 21.5 Å². The maximum atomic E-state index is 12.5. The van der Waals surface area contributed by atoms with Gasteiger partial charge >= 0.3 is 5.97 Å². The van der Waals surface area contributed by atoms with Crippen molar-refractivity contribution in [1.82, 2.24) is 4.98 Å². The number of methoxy groups -OCH3 is 1. The zero-order valence-corrected chi connectivity index (χ0v) is 15.8. The van der Waals surface area contributed by atoms with E-state index in [-0.39, 0.29) is 5.97 Å². The molecule has 0 saturated heterocycles. The molecule has 0 atom stereocenters. The number of fused-ring (bicyclic) bond motifs is 1. The molecule has 0 bridgehead atoms. The predicted octanol–water partition coefficient (Wildman–Crippen LogP) is 5.16. The Balaban J connectivity index is 1.81. The number of rotatable bonds is 6. The molecule has 4 nitrogen and oxygen atoms in total. The number of hydrogen-bond donors (Lipinski definition) is 1. The first-order chi connectivity index (χ1) is 13.7. The Morgan fingerprint density at radius 1 is 0.893 bits per heavy atom. The van der Waals surface area contributed by atoms with Crippen molar-refractivity contribution < 1.29 is 9.53 Å². The van der Waals surface area contributed by atoms with Crippen LogP contribution < -0.4 is 4.90 Å². The third-order valence-corrected chi connectivity index (χ3v) is 4.85. The molecule has 4 heteroatoms. The van der Waals surface area contributed by atoms with E-state index < -0.39 is 0 Å². The number of nitrogens with one attached hydrogen (secondary N) is 1. The van der Waals surface area contributed by atoms with E-state index in [1.165, 1.54) is 18.2 Å². The van der Waals surface area contributed by atoms with Gasteiger partial charge in [-0.3, -0.25) is 0 Å². The fourth-order valence-electron chi connectivity index (χ4n) is 3.46. The lowest BCUT2D eigenvalue weighted by Gasteiger charge is -2.27. The van der Waals surface area contributed by atoms with Gasteiger partial charge < -0.3 is 14.6 Å². The van der Waals surface area contributed by atoms with Gasteiger partial charge in [-0.2, -0.15) is 0 Å². The number of hydrogen-bond acceptors (Lipinski definition) is 3. The van der Waals surface area contributed by atoms with Gasteiger partial charge in [-0.1, -0.05) is 60.7 Å². The van der Waals surface area contributed by atoms with Gasteiger partial charge in [0.2, 0.25) is 0 Å². The summed E-state index contributed by atoms with van der Waals surface area (Å²) in [6, 6.07) is 26.5. The van der Waals surface area contributed by atoms with E-state index in [9.17, 15) is 4.79 Å². The number of esters is 1. The quantitative estimate of drug-likeness (QED) is 0.477. The molecule has 140 valence electrons. The SMILES string of the molecule is COC(=O)c1cc2[nH]ccc2cc1N(Cc1ccccc1)Cc1ccccc1. The molecule has 1 heterocycles. The molecule has 0 unspecified atom stereocenters. The van der Waals surface area contributed by atoms with Crippen LogP contribution in [0.25, 0.3) is 10.9 Å². The summed E-state index contributed by atoms with van der Waals surface area (Å²) in [7, 11) is 1.42. The van der Waals surface area contributed by atoms with E-state index in [1.54, 1.807) is 0 Å².